The van der Waals surface area contributed by atoms with Gasteiger partial charge in [-0.1, -0.05) is 42.0 Å². The minimum atomic E-state index is -0.126. The van der Waals surface area contributed by atoms with Gasteiger partial charge in [0.25, 0.3) is 5.91 Å². The Bertz CT molecular complexity index is 806. The number of aryl methyl sites for hydroxylation is 2. The first kappa shape index (κ1) is 14.2. The summed E-state index contributed by atoms with van der Waals surface area (Å²) >= 11 is 0. The molecule has 4 heteroatoms. The summed E-state index contributed by atoms with van der Waals surface area (Å²) in [6.07, 6.45) is 1.70. The summed E-state index contributed by atoms with van der Waals surface area (Å²) in [7, 11) is 1.75. The van der Waals surface area contributed by atoms with Gasteiger partial charge in [0.1, 0.15) is 0 Å². The fourth-order valence-electron chi connectivity index (χ4n) is 2.49. The van der Waals surface area contributed by atoms with Crippen molar-refractivity contribution in [3.63, 3.8) is 0 Å². The highest BCUT2D eigenvalue weighted by Crippen LogP contribution is 2.27. The van der Waals surface area contributed by atoms with Crippen LogP contribution in [0.4, 0.5) is 5.69 Å². The van der Waals surface area contributed by atoms with Crippen LogP contribution in [0.3, 0.4) is 0 Å². The smallest absolute Gasteiger partial charge is 0.279 e. The lowest BCUT2D eigenvalue weighted by Crippen LogP contribution is -2.25. The molecule has 0 atom stereocenters. The Hall–Kier alpha value is -2.75. The number of rotatable bonds is 2. The van der Waals surface area contributed by atoms with Crippen molar-refractivity contribution in [2.75, 3.05) is 11.9 Å². The second kappa shape index (κ2) is 5.56. The van der Waals surface area contributed by atoms with E-state index in [0.29, 0.717) is 5.71 Å². The number of amides is 1. The van der Waals surface area contributed by atoms with Crippen molar-refractivity contribution in [1.82, 2.24) is 0 Å². The van der Waals surface area contributed by atoms with Crippen LogP contribution in [0.15, 0.2) is 52.7 Å². The maximum absolute atomic E-state index is 12.2. The number of carbonyl (C=O) groups excluding carboxylic acids is 1. The van der Waals surface area contributed by atoms with E-state index in [2.05, 4.69) is 22.3 Å². The van der Waals surface area contributed by atoms with Gasteiger partial charge in [-0.3, -0.25) is 4.79 Å². The van der Waals surface area contributed by atoms with E-state index in [1.807, 2.05) is 44.2 Å². The first-order valence-corrected chi connectivity index (χ1v) is 7.13. The van der Waals surface area contributed by atoms with Gasteiger partial charge in [0, 0.05) is 12.6 Å². The van der Waals surface area contributed by atoms with Gasteiger partial charge in [0.05, 0.1) is 11.9 Å². The monoisotopic (exact) mass is 291 g/mol. The third kappa shape index (κ3) is 2.44. The molecule has 0 aromatic heterocycles. The van der Waals surface area contributed by atoms with Crippen molar-refractivity contribution in [3.8, 4) is 0 Å². The van der Waals surface area contributed by atoms with Crippen molar-refractivity contribution in [1.29, 1.82) is 0 Å². The van der Waals surface area contributed by atoms with Crippen molar-refractivity contribution in [2.45, 2.75) is 13.8 Å². The molecule has 110 valence electrons. The van der Waals surface area contributed by atoms with E-state index in [0.717, 1.165) is 22.4 Å². The molecule has 2 aromatic carbocycles. The lowest BCUT2D eigenvalue weighted by molar-refractivity contribution is -0.111. The van der Waals surface area contributed by atoms with Crippen molar-refractivity contribution >= 4 is 23.5 Å². The summed E-state index contributed by atoms with van der Waals surface area (Å²) in [6, 6.07) is 13.8. The molecular weight excluding hydrogens is 274 g/mol. The average Bonchev–Trinajstić information content (AvgIpc) is 2.76. The highest BCUT2D eigenvalue weighted by atomic mass is 16.2. The Balaban J connectivity index is 1.95. The van der Waals surface area contributed by atoms with E-state index in [9.17, 15) is 4.79 Å². The minimum absolute atomic E-state index is 0.126. The normalized spacial score (nSPS) is 15.9. The Kier molecular flexibility index (Phi) is 3.59. The van der Waals surface area contributed by atoms with Gasteiger partial charge >= 0.3 is 0 Å². The summed E-state index contributed by atoms with van der Waals surface area (Å²) in [5.74, 6) is -0.126. The summed E-state index contributed by atoms with van der Waals surface area (Å²) in [4.78, 5) is 13.8. The molecule has 0 aliphatic carbocycles. The van der Waals surface area contributed by atoms with Crippen molar-refractivity contribution in [2.24, 2.45) is 10.2 Å². The number of nitrogens with zero attached hydrogens (tertiary/aromatic N) is 3. The molecule has 0 fully saturated rings. The quantitative estimate of drug-likeness (QED) is 0.619. The predicted octanol–water partition coefficient (Wildman–Crippen LogP) is 3.10. The van der Waals surface area contributed by atoms with Crippen LogP contribution >= 0.6 is 0 Å². The third-order valence-corrected chi connectivity index (χ3v) is 3.82. The van der Waals surface area contributed by atoms with E-state index in [-0.39, 0.29) is 5.91 Å². The fraction of sp³-hybridized carbons (Fsp3) is 0.167. The summed E-state index contributed by atoms with van der Waals surface area (Å²) in [5.41, 5.74) is 5.39. The number of hydrogen-bond acceptors (Lipinski definition) is 3. The van der Waals surface area contributed by atoms with Crippen LogP contribution in [0.1, 0.15) is 22.3 Å². The number of carbonyl (C=O) groups is 1. The number of fused-ring (bicyclic) bond motifs is 1. The highest BCUT2D eigenvalue weighted by Gasteiger charge is 2.30. The number of hydrogen-bond donors (Lipinski definition) is 0. The van der Waals surface area contributed by atoms with Crippen molar-refractivity contribution < 1.29 is 4.79 Å². The zero-order valence-corrected chi connectivity index (χ0v) is 12.9. The molecule has 4 nitrogen and oxygen atoms in total. The van der Waals surface area contributed by atoms with Gasteiger partial charge in [-0.15, -0.1) is 5.10 Å². The zero-order chi connectivity index (χ0) is 15.7. The molecular formula is C18H17N3O. The predicted molar refractivity (Wildman–Crippen MR) is 89.9 cm³/mol. The Morgan fingerprint density at radius 2 is 1.86 bits per heavy atom. The standard InChI is InChI=1S/C18H17N3O/c1-12-8-9-13(2)14(10-12)11-19-20-17-15-6-4-5-7-16(15)21(3)18(17)22/h4-11H,1-3H3/b19-11-,20-17+. The second-order valence-corrected chi connectivity index (χ2v) is 5.43. The lowest BCUT2D eigenvalue weighted by atomic mass is 10.1. The van der Waals surface area contributed by atoms with Crippen LogP contribution < -0.4 is 4.90 Å². The van der Waals surface area contributed by atoms with Crippen LogP contribution in [0.2, 0.25) is 0 Å². The first-order chi connectivity index (χ1) is 10.6. The molecule has 3 rings (SSSR count). The second-order valence-electron chi connectivity index (χ2n) is 5.43. The highest BCUT2D eigenvalue weighted by molar-refractivity contribution is 6.54. The summed E-state index contributed by atoms with van der Waals surface area (Å²) in [6.45, 7) is 4.06. The van der Waals surface area contributed by atoms with Gasteiger partial charge in [0.15, 0.2) is 5.71 Å². The molecule has 1 aliphatic heterocycles. The molecule has 1 aliphatic rings. The van der Waals surface area contributed by atoms with Crippen LogP contribution in [0.25, 0.3) is 0 Å². The van der Waals surface area contributed by atoms with E-state index < -0.39 is 0 Å². The van der Waals surface area contributed by atoms with Gasteiger partial charge in [-0.05, 0) is 31.0 Å². The summed E-state index contributed by atoms with van der Waals surface area (Å²) in [5, 5.41) is 8.28. The van der Waals surface area contributed by atoms with Gasteiger partial charge in [-0.2, -0.15) is 5.10 Å². The Morgan fingerprint density at radius 1 is 1.09 bits per heavy atom. The fourth-order valence-corrected chi connectivity index (χ4v) is 2.49. The van der Waals surface area contributed by atoms with E-state index in [1.165, 1.54) is 5.56 Å². The average molecular weight is 291 g/mol. The molecule has 0 bridgehead atoms. The van der Waals surface area contributed by atoms with Gasteiger partial charge in [-0.25, -0.2) is 0 Å². The van der Waals surface area contributed by atoms with Crippen molar-refractivity contribution in [3.05, 3.63) is 64.7 Å². The molecule has 1 amide bonds. The number of benzene rings is 2. The largest absolute Gasteiger partial charge is 0.309 e. The van der Waals surface area contributed by atoms with E-state index in [1.54, 1.807) is 18.2 Å². The molecule has 0 saturated heterocycles. The molecule has 0 saturated carbocycles. The molecule has 1 heterocycles. The number of anilines is 1. The van der Waals surface area contributed by atoms with Crippen LogP contribution in [0, 0.1) is 13.8 Å². The molecule has 0 unspecified atom stereocenters. The molecule has 0 N–H and O–H groups in total. The molecule has 0 spiro atoms. The van der Waals surface area contributed by atoms with Crippen LogP contribution in [-0.4, -0.2) is 24.9 Å². The number of likely N-dealkylation sites (N-methyl/N-ethyl adjacent to an activating group) is 1. The lowest BCUT2D eigenvalue weighted by Gasteiger charge is -2.07. The summed E-state index contributed by atoms with van der Waals surface area (Å²) < 4.78 is 0. The Labute approximate surface area is 129 Å². The molecule has 0 radical (unpaired) electrons. The Morgan fingerprint density at radius 3 is 2.68 bits per heavy atom. The SMILES string of the molecule is Cc1ccc(C)c(/C=N\N=C2\C(=O)N(C)c3ccccc32)c1. The minimum Gasteiger partial charge on any atom is -0.309 e. The maximum atomic E-state index is 12.2. The first-order valence-electron chi connectivity index (χ1n) is 7.13. The van der Waals surface area contributed by atoms with E-state index >= 15 is 0 Å². The number of para-hydroxylation sites is 1. The maximum Gasteiger partial charge on any atom is 0.279 e. The third-order valence-electron chi connectivity index (χ3n) is 3.82. The zero-order valence-electron chi connectivity index (χ0n) is 12.9. The molecule has 22 heavy (non-hydrogen) atoms. The van der Waals surface area contributed by atoms with Gasteiger partial charge in [0.2, 0.25) is 0 Å². The van der Waals surface area contributed by atoms with Crippen LogP contribution in [0.5, 0.6) is 0 Å². The topological polar surface area (TPSA) is 45.0 Å². The van der Waals surface area contributed by atoms with Crippen LogP contribution in [-0.2, 0) is 4.79 Å². The molecule has 2 aromatic rings. The van der Waals surface area contributed by atoms with E-state index in [4.69, 9.17) is 0 Å². The van der Waals surface area contributed by atoms with Gasteiger partial charge < -0.3 is 4.90 Å².